The van der Waals surface area contributed by atoms with Crippen molar-refractivity contribution in [2.75, 3.05) is 0 Å². The van der Waals surface area contributed by atoms with Crippen molar-refractivity contribution in [2.24, 2.45) is 0 Å². The van der Waals surface area contributed by atoms with Crippen LogP contribution in [0.4, 0.5) is 0 Å². The van der Waals surface area contributed by atoms with Crippen molar-refractivity contribution in [3.8, 4) is 6.07 Å². The predicted octanol–water partition coefficient (Wildman–Crippen LogP) is 0.788. The van der Waals surface area contributed by atoms with E-state index < -0.39 is 5.78 Å². The van der Waals surface area contributed by atoms with Crippen molar-refractivity contribution in [3.63, 3.8) is 0 Å². The van der Waals surface area contributed by atoms with Crippen molar-refractivity contribution < 1.29 is 4.79 Å². The molecule has 1 aromatic rings. The maximum absolute atomic E-state index is 10.6. The summed E-state index contributed by atoms with van der Waals surface area (Å²) in [6, 6.07) is 4.53. The van der Waals surface area contributed by atoms with E-state index in [4.69, 9.17) is 5.26 Å². The van der Waals surface area contributed by atoms with E-state index in [1.54, 1.807) is 0 Å². The molecule has 1 aromatic heterocycles. The number of Topliss-reactive ketones (excluding diaryl/α,β-unsaturated/α-hetero) is 1. The van der Waals surface area contributed by atoms with Gasteiger partial charge in [0.05, 0.1) is 0 Å². The molecule has 0 N–H and O–H groups in total. The summed E-state index contributed by atoms with van der Waals surface area (Å²) in [6.07, 6.45) is 2.95. The van der Waals surface area contributed by atoms with Crippen LogP contribution in [0.2, 0.25) is 0 Å². The molecule has 0 radical (unpaired) electrons. The van der Waals surface area contributed by atoms with E-state index in [9.17, 15) is 4.79 Å². The van der Waals surface area contributed by atoms with Crippen LogP contribution >= 0.6 is 0 Å². The molecular weight excluding hydrogens is 128 g/mol. The van der Waals surface area contributed by atoms with Crippen LogP contribution in [-0.4, -0.2) is 10.8 Å². The molecule has 0 saturated heterocycles. The van der Waals surface area contributed by atoms with Gasteiger partial charge in [-0.15, -0.1) is 0 Å². The first-order valence-corrected chi connectivity index (χ1v) is 2.69. The Labute approximate surface area is 57.9 Å². The van der Waals surface area contributed by atoms with E-state index in [0.717, 1.165) is 0 Å². The van der Waals surface area contributed by atoms with Gasteiger partial charge >= 0.3 is 0 Å². The number of aromatic nitrogens is 1. The topological polar surface area (TPSA) is 53.8 Å². The van der Waals surface area contributed by atoms with Gasteiger partial charge in [-0.3, -0.25) is 9.78 Å². The zero-order valence-electron chi connectivity index (χ0n) is 5.11. The SMILES string of the molecule is N#CC(=O)c1ccncc1. The minimum absolute atomic E-state index is 0.387. The lowest BCUT2D eigenvalue weighted by Gasteiger charge is -1.86. The highest BCUT2D eigenvalue weighted by Crippen LogP contribution is 1.95. The molecule has 0 spiro atoms. The Kier molecular flexibility index (Phi) is 1.76. The smallest absolute Gasteiger partial charge is 0.262 e. The molecule has 0 aliphatic heterocycles. The summed E-state index contributed by atoms with van der Waals surface area (Å²) in [6.45, 7) is 0. The molecule has 0 fully saturated rings. The molecular formula is C7H4N2O. The lowest BCUT2D eigenvalue weighted by Crippen LogP contribution is -1.92. The number of hydrogen-bond acceptors (Lipinski definition) is 3. The number of nitriles is 1. The Morgan fingerprint density at radius 1 is 1.50 bits per heavy atom. The molecule has 48 valence electrons. The molecule has 3 heteroatoms. The van der Waals surface area contributed by atoms with Crippen molar-refractivity contribution in [1.29, 1.82) is 5.26 Å². The van der Waals surface area contributed by atoms with Crippen molar-refractivity contribution in [3.05, 3.63) is 30.1 Å². The minimum atomic E-state index is -0.526. The van der Waals surface area contributed by atoms with E-state index in [1.807, 2.05) is 0 Å². The summed E-state index contributed by atoms with van der Waals surface area (Å²) in [5.74, 6) is -0.526. The molecule has 10 heavy (non-hydrogen) atoms. The highest BCUT2D eigenvalue weighted by atomic mass is 16.1. The van der Waals surface area contributed by atoms with Crippen LogP contribution in [-0.2, 0) is 0 Å². The lowest BCUT2D eigenvalue weighted by atomic mass is 10.2. The fourth-order valence-corrected chi connectivity index (χ4v) is 0.568. The second-order valence-corrected chi connectivity index (χ2v) is 1.68. The van der Waals surface area contributed by atoms with Crippen LogP contribution in [0, 0.1) is 11.3 Å². The molecule has 0 amide bonds. The van der Waals surface area contributed by atoms with Crippen LogP contribution in [0.3, 0.4) is 0 Å². The number of rotatable bonds is 1. The van der Waals surface area contributed by atoms with Gasteiger partial charge < -0.3 is 0 Å². The van der Waals surface area contributed by atoms with Crippen LogP contribution in [0.1, 0.15) is 10.4 Å². The van der Waals surface area contributed by atoms with E-state index in [2.05, 4.69) is 4.98 Å². The molecule has 0 aromatic carbocycles. The molecule has 3 nitrogen and oxygen atoms in total. The van der Waals surface area contributed by atoms with Crippen molar-refractivity contribution >= 4 is 5.78 Å². The first-order chi connectivity index (χ1) is 4.84. The summed E-state index contributed by atoms with van der Waals surface area (Å²) in [7, 11) is 0. The molecule has 0 aliphatic carbocycles. The Morgan fingerprint density at radius 2 is 2.10 bits per heavy atom. The molecule has 0 unspecified atom stereocenters. The summed E-state index contributed by atoms with van der Waals surface area (Å²) >= 11 is 0. The second kappa shape index (κ2) is 2.74. The maximum atomic E-state index is 10.6. The largest absolute Gasteiger partial charge is 0.277 e. The average Bonchev–Trinajstić information content (AvgIpc) is 2.05. The summed E-state index contributed by atoms with van der Waals surface area (Å²) in [5, 5.41) is 8.17. The number of pyridine rings is 1. The molecule has 0 atom stereocenters. The Hall–Kier alpha value is -1.69. The van der Waals surface area contributed by atoms with E-state index in [1.165, 1.54) is 30.6 Å². The second-order valence-electron chi connectivity index (χ2n) is 1.68. The molecule has 0 bridgehead atoms. The Morgan fingerprint density at radius 3 is 2.60 bits per heavy atom. The predicted molar refractivity (Wildman–Crippen MR) is 34.2 cm³/mol. The van der Waals surface area contributed by atoms with Crippen molar-refractivity contribution in [2.45, 2.75) is 0 Å². The number of ketones is 1. The van der Waals surface area contributed by atoms with E-state index in [0.29, 0.717) is 5.56 Å². The molecule has 1 rings (SSSR count). The standard InChI is InChI=1S/C7H4N2O/c8-5-7(10)6-1-3-9-4-2-6/h1-4H. The third-order valence-corrected chi connectivity index (χ3v) is 1.04. The summed E-state index contributed by atoms with van der Waals surface area (Å²) in [4.78, 5) is 14.3. The van der Waals surface area contributed by atoms with E-state index in [-0.39, 0.29) is 0 Å². The Balaban J connectivity index is 2.99. The fourth-order valence-electron chi connectivity index (χ4n) is 0.568. The normalized spacial score (nSPS) is 8.30. The summed E-state index contributed by atoms with van der Waals surface area (Å²) in [5.41, 5.74) is 0.387. The lowest BCUT2D eigenvalue weighted by molar-refractivity contribution is 0.105. The van der Waals surface area contributed by atoms with Crippen LogP contribution in [0.5, 0.6) is 0 Å². The molecule has 0 aliphatic rings. The van der Waals surface area contributed by atoms with Crippen LogP contribution in [0.25, 0.3) is 0 Å². The quantitative estimate of drug-likeness (QED) is 0.419. The van der Waals surface area contributed by atoms with Crippen LogP contribution in [0.15, 0.2) is 24.5 Å². The molecule has 1 heterocycles. The van der Waals surface area contributed by atoms with Gasteiger partial charge in [0, 0.05) is 18.0 Å². The summed E-state index contributed by atoms with van der Waals surface area (Å²) < 4.78 is 0. The third kappa shape index (κ3) is 1.17. The van der Waals surface area contributed by atoms with Crippen LogP contribution < -0.4 is 0 Å². The molecule has 0 saturated carbocycles. The number of carbonyl (C=O) groups excluding carboxylic acids is 1. The average molecular weight is 132 g/mol. The Bertz CT molecular complexity index is 273. The van der Waals surface area contributed by atoms with Crippen molar-refractivity contribution in [1.82, 2.24) is 4.98 Å². The number of carbonyl (C=O) groups is 1. The zero-order chi connectivity index (χ0) is 7.40. The van der Waals surface area contributed by atoms with Gasteiger partial charge in [-0.2, -0.15) is 5.26 Å². The van der Waals surface area contributed by atoms with Gasteiger partial charge in [0.25, 0.3) is 5.78 Å². The zero-order valence-corrected chi connectivity index (χ0v) is 5.11. The first-order valence-electron chi connectivity index (χ1n) is 2.69. The highest BCUT2D eigenvalue weighted by molar-refractivity contribution is 6.07. The maximum Gasteiger partial charge on any atom is 0.262 e. The van der Waals surface area contributed by atoms with Gasteiger partial charge in [-0.25, -0.2) is 0 Å². The van der Waals surface area contributed by atoms with Gasteiger partial charge in [-0.1, -0.05) is 0 Å². The van der Waals surface area contributed by atoms with Gasteiger partial charge in [-0.05, 0) is 12.1 Å². The number of hydrogen-bond donors (Lipinski definition) is 0. The van der Waals surface area contributed by atoms with Gasteiger partial charge in [0.2, 0.25) is 0 Å². The van der Waals surface area contributed by atoms with E-state index >= 15 is 0 Å². The monoisotopic (exact) mass is 132 g/mol. The number of nitrogens with zero attached hydrogens (tertiary/aromatic N) is 2. The fraction of sp³-hybridized carbons (Fsp3) is 0. The third-order valence-electron chi connectivity index (χ3n) is 1.04. The van der Waals surface area contributed by atoms with Gasteiger partial charge in [0.15, 0.2) is 0 Å². The minimum Gasteiger partial charge on any atom is -0.277 e. The first kappa shape index (κ1) is 6.43. The van der Waals surface area contributed by atoms with Gasteiger partial charge in [0.1, 0.15) is 6.07 Å². The highest BCUT2D eigenvalue weighted by Gasteiger charge is 2.00.